The number of rotatable bonds is 10. The minimum Gasteiger partial charge on any atom is -0.491 e. The van der Waals surface area contributed by atoms with Gasteiger partial charge in [-0.3, -0.25) is 18.4 Å². The highest BCUT2D eigenvalue weighted by Crippen LogP contribution is 2.51. The molecule has 2 atom stereocenters. The first kappa shape index (κ1) is 23.9. The van der Waals surface area contributed by atoms with Crippen LogP contribution in [0, 0.1) is 0 Å². The third-order valence-corrected chi connectivity index (χ3v) is 7.26. The highest BCUT2D eigenvalue weighted by molar-refractivity contribution is 8.14. The van der Waals surface area contributed by atoms with Gasteiger partial charge in [0, 0.05) is 24.9 Å². The molecule has 2 aromatic rings. The molecule has 2 aromatic carbocycles. The van der Waals surface area contributed by atoms with Crippen LogP contribution in [0.1, 0.15) is 17.2 Å². The Kier molecular flexibility index (Phi) is 8.22. The summed E-state index contributed by atoms with van der Waals surface area (Å²) in [5.74, 6) is 0.608. The number of amides is 1. The minimum atomic E-state index is -3.74. The second-order valence-electron chi connectivity index (χ2n) is 6.66. The van der Waals surface area contributed by atoms with Crippen LogP contribution >= 0.6 is 31.2 Å². The van der Waals surface area contributed by atoms with Crippen LogP contribution < -0.4 is 10.1 Å². The molecule has 1 heterocycles. The molecule has 0 spiro atoms. The van der Waals surface area contributed by atoms with Gasteiger partial charge in [0.2, 0.25) is 0 Å². The molecule has 10 heteroatoms. The second kappa shape index (κ2) is 10.7. The normalized spacial score (nSPS) is 17.5. The van der Waals surface area contributed by atoms with Crippen molar-refractivity contribution >= 4 is 36.4 Å². The number of halogens is 1. The molecule has 0 bridgehead atoms. The third-order valence-electron chi connectivity index (χ3n) is 4.57. The maximum Gasteiger partial charge on any atom is 0.474 e. The molecular weight excluding hydrogens is 461 g/mol. The van der Waals surface area contributed by atoms with Crippen LogP contribution in [0.2, 0.25) is 5.02 Å². The molecule has 7 nitrogen and oxygen atoms in total. The largest absolute Gasteiger partial charge is 0.491 e. The van der Waals surface area contributed by atoms with E-state index in [9.17, 15) is 9.36 Å². The number of phosphoric acid groups is 1. The molecule has 0 aliphatic carbocycles. The van der Waals surface area contributed by atoms with Gasteiger partial charge in [-0.05, 0) is 41.8 Å². The summed E-state index contributed by atoms with van der Waals surface area (Å²) >= 11 is 7.33. The van der Waals surface area contributed by atoms with E-state index in [0.717, 1.165) is 11.3 Å². The van der Waals surface area contributed by atoms with Gasteiger partial charge in [-0.2, -0.15) is 0 Å². The number of carbonyl (C=O) groups excluding carboxylic acids is 1. The summed E-state index contributed by atoms with van der Waals surface area (Å²) in [5.41, 5.74) is 2.44. The number of carbonyl (C=O) groups is 1. The Morgan fingerprint density at radius 3 is 2.48 bits per heavy atom. The van der Waals surface area contributed by atoms with Gasteiger partial charge in [0.1, 0.15) is 18.5 Å². The molecule has 31 heavy (non-hydrogen) atoms. The highest BCUT2D eigenvalue weighted by atomic mass is 35.5. The van der Waals surface area contributed by atoms with Crippen molar-refractivity contribution in [2.75, 3.05) is 20.8 Å². The predicted molar refractivity (Wildman–Crippen MR) is 122 cm³/mol. The summed E-state index contributed by atoms with van der Waals surface area (Å²) in [6, 6.07) is 14.5. The Morgan fingerprint density at radius 1 is 1.19 bits per heavy atom. The van der Waals surface area contributed by atoms with E-state index in [1.807, 2.05) is 24.3 Å². The zero-order valence-electron chi connectivity index (χ0n) is 17.1. The van der Waals surface area contributed by atoms with E-state index < -0.39 is 13.9 Å². The molecule has 0 aromatic heterocycles. The molecule has 1 aliphatic rings. The van der Waals surface area contributed by atoms with Crippen LogP contribution in [0.25, 0.3) is 0 Å². The van der Waals surface area contributed by atoms with Crippen molar-refractivity contribution in [1.82, 2.24) is 5.32 Å². The Morgan fingerprint density at radius 2 is 1.90 bits per heavy atom. The zero-order valence-corrected chi connectivity index (χ0v) is 19.5. The van der Waals surface area contributed by atoms with Crippen LogP contribution in [0.15, 0.2) is 60.8 Å². The fourth-order valence-corrected chi connectivity index (χ4v) is 4.86. The van der Waals surface area contributed by atoms with Crippen LogP contribution in [-0.2, 0) is 24.6 Å². The molecular formula is C21H23ClNO6PS. The standard InChI is InChI=1S/C21H23ClNO6PS/c1-14-20(31-21(24)23-14)11-15-7-9-18(10-8-15)28-13-19(29-30(25,26-2)27-3)16-5-4-6-17(22)12-16/h4-10,12,19-20H,1,11,13H2,2-3H3,(H,23,24). The van der Waals surface area contributed by atoms with E-state index in [0.29, 0.717) is 22.8 Å². The number of hydrogen-bond acceptors (Lipinski definition) is 7. The number of benzene rings is 2. The van der Waals surface area contributed by atoms with E-state index in [-0.39, 0.29) is 17.1 Å². The summed E-state index contributed by atoms with van der Waals surface area (Å²) in [6.07, 6.45) is -0.0545. The van der Waals surface area contributed by atoms with E-state index in [4.69, 9.17) is 29.9 Å². The van der Waals surface area contributed by atoms with Crippen molar-refractivity contribution in [3.8, 4) is 5.75 Å². The molecule has 1 aliphatic heterocycles. The highest BCUT2D eigenvalue weighted by Gasteiger charge is 2.30. The van der Waals surface area contributed by atoms with E-state index in [1.165, 1.54) is 26.0 Å². The third kappa shape index (κ3) is 6.59. The first-order valence-electron chi connectivity index (χ1n) is 9.35. The van der Waals surface area contributed by atoms with Crippen molar-refractivity contribution in [3.63, 3.8) is 0 Å². The van der Waals surface area contributed by atoms with Gasteiger partial charge in [0.15, 0.2) is 0 Å². The summed E-state index contributed by atoms with van der Waals surface area (Å²) in [7, 11) is -1.24. The molecule has 3 rings (SSSR count). The maximum absolute atomic E-state index is 12.5. The summed E-state index contributed by atoms with van der Waals surface area (Å²) in [5, 5.41) is 3.16. The van der Waals surface area contributed by atoms with Gasteiger partial charge in [-0.15, -0.1) is 0 Å². The first-order chi connectivity index (χ1) is 14.8. The Hall–Kier alpha value is -1.80. The summed E-state index contributed by atoms with van der Waals surface area (Å²) < 4.78 is 33.8. The number of thioether (sulfide) groups is 1. The van der Waals surface area contributed by atoms with Crippen LogP contribution in [0.4, 0.5) is 4.79 Å². The van der Waals surface area contributed by atoms with Crippen LogP contribution in [0.3, 0.4) is 0 Å². The Bertz CT molecular complexity index is 978. The molecule has 1 amide bonds. The average molecular weight is 484 g/mol. The van der Waals surface area contributed by atoms with Crippen molar-refractivity contribution in [2.24, 2.45) is 0 Å². The van der Waals surface area contributed by atoms with Crippen molar-refractivity contribution in [3.05, 3.63) is 77.0 Å². The van der Waals surface area contributed by atoms with Gasteiger partial charge < -0.3 is 10.1 Å². The quantitative estimate of drug-likeness (QED) is 0.430. The Labute approximate surface area is 190 Å². The van der Waals surface area contributed by atoms with Gasteiger partial charge in [0.05, 0.1) is 5.25 Å². The maximum atomic E-state index is 12.5. The topological polar surface area (TPSA) is 83.1 Å². The molecule has 0 radical (unpaired) electrons. The van der Waals surface area contributed by atoms with Crippen molar-refractivity contribution < 1.29 is 27.7 Å². The molecule has 0 saturated carbocycles. The zero-order chi connectivity index (χ0) is 22.4. The lowest BCUT2D eigenvalue weighted by atomic mass is 10.1. The van der Waals surface area contributed by atoms with Crippen molar-refractivity contribution in [2.45, 2.75) is 17.8 Å². The molecule has 1 fully saturated rings. The van der Waals surface area contributed by atoms with Gasteiger partial charge in [0.25, 0.3) is 5.24 Å². The monoisotopic (exact) mass is 483 g/mol. The smallest absolute Gasteiger partial charge is 0.474 e. The average Bonchev–Trinajstić information content (AvgIpc) is 3.08. The molecule has 166 valence electrons. The minimum absolute atomic E-state index is 0.0112. The second-order valence-corrected chi connectivity index (χ2v) is 10.1. The van der Waals surface area contributed by atoms with E-state index in [2.05, 4.69) is 11.9 Å². The predicted octanol–water partition coefficient (Wildman–Crippen LogP) is 5.76. The molecule has 1 N–H and O–H groups in total. The van der Waals surface area contributed by atoms with Gasteiger partial charge in [-0.25, -0.2) is 4.57 Å². The lowest BCUT2D eigenvalue weighted by molar-refractivity contribution is 0.0719. The number of nitrogens with one attached hydrogen (secondary N) is 1. The summed E-state index contributed by atoms with van der Waals surface area (Å²) in [4.78, 5) is 11.5. The summed E-state index contributed by atoms with van der Waals surface area (Å²) in [6.45, 7) is 3.94. The number of phosphoric ester groups is 1. The van der Waals surface area contributed by atoms with Crippen LogP contribution in [-0.4, -0.2) is 31.3 Å². The number of ether oxygens (including phenoxy) is 1. The molecule has 1 saturated heterocycles. The van der Waals surface area contributed by atoms with Gasteiger partial charge in [-0.1, -0.05) is 54.2 Å². The van der Waals surface area contributed by atoms with E-state index >= 15 is 0 Å². The fourth-order valence-electron chi connectivity index (χ4n) is 2.92. The molecule has 2 unspecified atom stereocenters. The Balaban J connectivity index is 1.67. The number of hydrogen-bond donors (Lipinski definition) is 1. The van der Waals surface area contributed by atoms with E-state index in [1.54, 1.807) is 24.3 Å². The fraction of sp³-hybridized carbons (Fsp3) is 0.286. The van der Waals surface area contributed by atoms with Gasteiger partial charge >= 0.3 is 7.82 Å². The van der Waals surface area contributed by atoms with Crippen LogP contribution in [0.5, 0.6) is 5.75 Å². The lowest BCUT2D eigenvalue weighted by Crippen LogP contribution is -2.14. The SMILES string of the molecule is C=C1NC(=O)SC1Cc1ccc(OCC(OP(=O)(OC)OC)c2cccc(Cl)c2)cc1. The lowest BCUT2D eigenvalue weighted by Gasteiger charge is -2.22. The first-order valence-corrected chi connectivity index (χ1v) is 12.1. The van der Waals surface area contributed by atoms with Crippen molar-refractivity contribution in [1.29, 1.82) is 0 Å².